The van der Waals surface area contributed by atoms with Crippen LogP contribution in [-0.4, -0.2) is 16.6 Å². The van der Waals surface area contributed by atoms with Gasteiger partial charge in [0.2, 0.25) is 0 Å². The second-order valence-electron chi connectivity index (χ2n) is 7.89. The first-order valence-electron chi connectivity index (χ1n) is 9.80. The Hall–Kier alpha value is -3.22. The Labute approximate surface area is 175 Å². The van der Waals surface area contributed by atoms with E-state index >= 15 is 0 Å². The third-order valence-corrected chi connectivity index (χ3v) is 5.71. The summed E-state index contributed by atoms with van der Waals surface area (Å²) in [5.41, 5.74) is 1.48. The molecular formula is C24H19F4NO2. The zero-order chi connectivity index (χ0) is 22.3. The molecule has 0 saturated carbocycles. The number of Topliss-reactive ketones (excluding diaryl/α,β-unsaturated/α-hetero) is 2. The predicted molar refractivity (Wildman–Crippen MR) is 108 cm³/mol. The van der Waals surface area contributed by atoms with Crippen LogP contribution in [0.1, 0.15) is 42.4 Å². The summed E-state index contributed by atoms with van der Waals surface area (Å²) < 4.78 is 53.2. The fourth-order valence-electron chi connectivity index (χ4n) is 4.24. The maximum Gasteiger partial charge on any atom is 0.416 e. The Balaban J connectivity index is 1.67. The molecule has 1 aromatic heterocycles. The number of hydrogen-bond acceptors (Lipinski definition) is 2. The predicted octanol–water partition coefficient (Wildman–Crippen LogP) is 5.90. The smallest absolute Gasteiger partial charge is 0.361 e. The van der Waals surface area contributed by atoms with Gasteiger partial charge in [0.05, 0.1) is 5.56 Å². The lowest BCUT2D eigenvalue weighted by Gasteiger charge is -2.27. The van der Waals surface area contributed by atoms with Crippen molar-refractivity contribution in [2.45, 2.75) is 38.3 Å². The maximum atomic E-state index is 14.5. The average molecular weight is 429 g/mol. The number of rotatable bonds is 4. The van der Waals surface area contributed by atoms with Crippen LogP contribution in [-0.2, 0) is 22.2 Å². The van der Waals surface area contributed by atoms with E-state index in [1.54, 1.807) is 25.3 Å². The summed E-state index contributed by atoms with van der Waals surface area (Å²) in [5.74, 6) is -1.57. The van der Waals surface area contributed by atoms with Gasteiger partial charge >= 0.3 is 6.18 Å². The SMILES string of the molecule is CC1=C(C(=O)Cc2cc3cc[nH]c3cc2F)C(c2ccc(C(F)(F)F)cc2)CC(=O)C1. The van der Waals surface area contributed by atoms with Crippen molar-refractivity contribution in [2.75, 3.05) is 0 Å². The zero-order valence-corrected chi connectivity index (χ0v) is 16.6. The molecule has 3 nitrogen and oxygen atoms in total. The van der Waals surface area contributed by atoms with E-state index in [0.29, 0.717) is 22.2 Å². The Bertz CT molecular complexity index is 1200. The monoisotopic (exact) mass is 429 g/mol. The highest BCUT2D eigenvalue weighted by atomic mass is 19.4. The minimum absolute atomic E-state index is 0.0309. The molecule has 0 radical (unpaired) electrons. The number of alkyl halides is 3. The number of aromatic nitrogens is 1. The second-order valence-corrected chi connectivity index (χ2v) is 7.89. The number of nitrogens with one attached hydrogen (secondary N) is 1. The van der Waals surface area contributed by atoms with Crippen molar-refractivity contribution >= 4 is 22.5 Å². The van der Waals surface area contributed by atoms with Gasteiger partial charge in [-0.15, -0.1) is 0 Å². The fourth-order valence-corrected chi connectivity index (χ4v) is 4.24. The van der Waals surface area contributed by atoms with Crippen LogP contribution >= 0.6 is 0 Å². The lowest BCUT2D eigenvalue weighted by molar-refractivity contribution is -0.137. The number of carbonyl (C=O) groups is 2. The molecule has 0 fully saturated rings. The normalized spacial score (nSPS) is 17.5. The fraction of sp³-hybridized carbons (Fsp3) is 0.250. The Kier molecular flexibility index (Phi) is 5.29. The van der Waals surface area contributed by atoms with Crippen molar-refractivity contribution < 1.29 is 27.2 Å². The standard InChI is InChI=1S/C24H19F4NO2/c1-13-8-18(30)11-19(14-2-4-17(5-3-14)24(26,27)28)23(13)22(31)10-16-9-15-6-7-29-21(15)12-20(16)25/h2-7,9,12,19,29H,8,10-11H2,1H3. The topological polar surface area (TPSA) is 49.9 Å². The number of allylic oxidation sites excluding steroid dienone is 2. The highest BCUT2D eigenvalue weighted by Gasteiger charge is 2.34. The lowest BCUT2D eigenvalue weighted by Crippen LogP contribution is -2.24. The van der Waals surface area contributed by atoms with Crippen molar-refractivity contribution in [1.82, 2.24) is 4.98 Å². The zero-order valence-electron chi connectivity index (χ0n) is 16.6. The molecular weight excluding hydrogens is 410 g/mol. The molecule has 1 aliphatic rings. The van der Waals surface area contributed by atoms with E-state index in [9.17, 15) is 27.2 Å². The van der Waals surface area contributed by atoms with Gasteiger partial charge in [0.25, 0.3) is 0 Å². The van der Waals surface area contributed by atoms with Gasteiger partial charge < -0.3 is 4.98 Å². The van der Waals surface area contributed by atoms with E-state index in [1.165, 1.54) is 18.2 Å². The summed E-state index contributed by atoms with van der Waals surface area (Å²) in [4.78, 5) is 28.3. The highest BCUT2D eigenvalue weighted by Crippen LogP contribution is 2.38. The van der Waals surface area contributed by atoms with Gasteiger partial charge in [-0.2, -0.15) is 13.2 Å². The number of hydrogen-bond donors (Lipinski definition) is 1. The molecule has 1 aliphatic carbocycles. The van der Waals surface area contributed by atoms with Crippen LogP contribution in [0.5, 0.6) is 0 Å². The highest BCUT2D eigenvalue weighted by molar-refractivity contribution is 6.02. The number of H-pyrrole nitrogens is 1. The summed E-state index contributed by atoms with van der Waals surface area (Å²) in [6.45, 7) is 1.67. The van der Waals surface area contributed by atoms with Crippen LogP contribution in [0.25, 0.3) is 10.9 Å². The molecule has 1 atom stereocenters. The van der Waals surface area contributed by atoms with Crippen LogP contribution in [0, 0.1) is 5.82 Å². The van der Waals surface area contributed by atoms with Gasteiger partial charge in [0.15, 0.2) is 5.78 Å². The average Bonchev–Trinajstić information content (AvgIpc) is 3.14. The maximum absolute atomic E-state index is 14.5. The van der Waals surface area contributed by atoms with E-state index in [-0.39, 0.29) is 36.4 Å². The summed E-state index contributed by atoms with van der Waals surface area (Å²) >= 11 is 0. The van der Waals surface area contributed by atoms with Gasteiger partial charge in [-0.25, -0.2) is 4.39 Å². The quantitative estimate of drug-likeness (QED) is 0.525. The first kappa shape index (κ1) is 21.0. The molecule has 0 amide bonds. The lowest BCUT2D eigenvalue weighted by atomic mass is 9.76. The first-order chi connectivity index (χ1) is 14.6. The molecule has 31 heavy (non-hydrogen) atoms. The number of aromatic amines is 1. The van der Waals surface area contributed by atoms with Crippen molar-refractivity contribution in [3.8, 4) is 0 Å². The summed E-state index contributed by atoms with van der Waals surface area (Å²) in [7, 11) is 0. The van der Waals surface area contributed by atoms with Gasteiger partial charge in [-0.3, -0.25) is 9.59 Å². The Morgan fingerprint density at radius 3 is 2.52 bits per heavy atom. The minimum Gasteiger partial charge on any atom is -0.361 e. The van der Waals surface area contributed by atoms with Crippen molar-refractivity contribution in [3.05, 3.63) is 82.3 Å². The van der Waals surface area contributed by atoms with Crippen LogP contribution in [0.3, 0.4) is 0 Å². The molecule has 2 aromatic carbocycles. The summed E-state index contributed by atoms with van der Waals surface area (Å²) in [6.07, 6.45) is -2.85. The number of fused-ring (bicyclic) bond motifs is 1. The number of ketones is 2. The van der Waals surface area contributed by atoms with Gasteiger partial charge in [0, 0.05) is 42.5 Å². The molecule has 0 saturated heterocycles. The van der Waals surface area contributed by atoms with Crippen LogP contribution in [0.15, 0.2) is 59.8 Å². The number of carbonyl (C=O) groups excluding carboxylic acids is 2. The van der Waals surface area contributed by atoms with Gasteiger partial charge in [-0.05, 0) is 53.8 Å². The van der Waals surface area contributed by atoms with E-state index in [1.807, 2.05) is 0 Å². The van der Waals surface area contributed by atoms with E-state index in [0.717, 1.165) is 17.5 Å². The third-order valence-electron chi connectivity index (χ3n) is 5.71. The molecule has 0 aliphatic heterocycles. The van der Waals surface area contributed by atoms with Crippen LogP contribution in [0.4, 0.5) is 17.6 Å². The second kappa shape index (κ2) is 7.80. The van der Waals surface area contributed by atoms with E-state index in [2.05, 4.69) is 4.98 Å². The molecule has 1 N–H and O–H groups in total. The molecule has 1 unspecified atom stereocenters. The molecule has 0 bridgehead atoms. The molecule has 0 spiro atoms. The van der Waals surface area contributed by atoms with E-state index < -0.39 is 23.5 Å². The van der Waals surface area contributed by atoms with Gasteiger partial charge in [0.1, 0.15) is 11.6 Å². The van der Waals surface area contributed by atoms with Crippen molar-refractivity contribution in [3.63, 3.8) is 0 Å². The van der Waals surface area contributed by atoms with E-state index in [4.69, 9.17) is 0 Å². The van der Waals surface area contributed by atoms with Crippen LogP contribution in [0.2, 0.25) is 0 Å². The van der Waals surface area contributed by atoms with Crippen LogP contribution < -0.4 is 0 Å². The van der Waals surface area contributed by atoms with Crippen molar-refractivity contribution in [2.24, 2.45) is 0 Å². The summed E-state index contributed by atoms with van der Waals surface area (Å²) in [5, 5.41) is 0.771. The Morgan fingerprint density at radius 2 is 1.84 bits per heavy atom. The summed E-state index contributed by atoms with van der Waals surface area (Å²) in [6, 6.07) is 9.22. The first-order valence-corrected chi connectivity index (χ1v) is 9.80. The minimum atomic E-state index is -4.47. The van der Waals surface area contributed by atoms with Gasteiger partial charge in [-0.1, -0.05) is 17.7 Å². The molecule has 3 aromatic rings. The van der Waals surface area contributed by atoms with Crippen molar-refractivity contribution in [1.29, 1.82) is 0 Å². The molecule has 160 valence electrons. The third kappa shape index (κ3) is 4.17. The Morgan fingerprint density at radius 1 is 1.13 bits per heavy atom. The molecule has 7 heteroatoms. The largest absolute Gasteiger partial charge is 0.416 e. The molecule has 1 heterocycles. The number of halogens is 4. The number of benzene rings is 2. The molecule has 4 rings (SSSR count).